The maximum atomic E-state index is 2.26. The molecular weight excluding hydrogens is 276 g/mol. The van der Waals surface area contributed by atoms with Gasteiger partial charge in [-0.15, -0.1) is 0 Å². The van der Waals surface area contributed by atoms with Gasteiger partial charge in [-0.2, -0.15) is 0 Å². The van der Waals surface area contributed by atoms with E-state index >= 15 is 0 Å². The summed E-state index contributed by atoms with van der Waals surface area (Å²) in [6.07, 6.45) is 0. The molecule has 0 saturated carbocycles. The van der Waals surface area contributed by atoms with E-state index in [0.29, 0.717) is 0 Å². The average Bonchev–Trinajstić information content (AvgIpc) is 2.59. The van der Waals surface area contributed by atoms with Crippen molar-refractivity contribution in [3.05, 3.63) is 107 Å². The molecule has 0 radical (unpaired) electrons. The molecule has 0 heterocycles. The fourth-order valence-corrected chi connectivity index (χ4v) is 3.11. The molecule has 0 aromatic heterocycles. The number of aryl methyl sites for hydroxylation is 2. The van der Waals surface area contributed by atoms with E-state index in [1.54, 1.807) is 0 Å². The second-order valence-electron chi connectivity index (χ2n) is 6.05. The molecule has 0 unspecified atom stereocenters. The Bertz CT molecular complexity index is 824. The van der Waals surface area contributed by atoms with Crippen molar-refractivity contribution in [1.82, 2.24) is 0 Å². The molecule has 0 nitrogen and oxygen atoms in total. The predicted molar refractivity (Wildman–Crippen MR) is 100 cm³/mol. The maximum Gasteiger partial charge on any atom is -0.00735 e. The van der Waals surface area contributed by atoms with Gasteiger partial charge in [-0.1, -0.05) is 84.4 Å². The van der Waals surface area contributed by atoms with E-state index < -0.39 is 0 Å². The average molecular weight is 298 g/mol. The van der Waals surface area contributed by atoms with Crippen molar-refractivity contribution < 1.29 is 0 Å². The third-order valence-corrected chi connectivity index (χ3v) is 4.30. The fourth-order valence-electron chi connectivity index (χ4n) is 3.11. The molecule has 0 fully saturated rings. The van der Waals surface area contributed by atoms with Gasteiger partial charge in [0.2, 0.25) is 0 Å². The molecule has 0 amide bonds. The Morgan fingerprint density at radius 3 is 1.78 bits per heavy atom. The summed E-state index contributed by atoms with van der Waals surface area (Å²) in [7, 11) is 0. The van der Waals surface area contributed by atoms with Crippen molar-refractivity contribution in [3.63, 3.8) is 0 Å². The summed E-state index contributed by atoms with van der Waals surface area (Å²) in [4.78, 5) is 0. The summed E-state index contributed by atoms with van der Waals surface area (Å²) in [6.45, 7) is 6.56. The Labute approximate surface area is 139 Å². The van der Waals surface area contributed by atoms with Crippen LogP contribution in [0.15, 0.2) is 78.9 Å². The SMILES string of the molecule is C/C(=C(\c1ccccc1)c1ccc(C)cc1C)c1ccccc1. The van der Waals surface area contributed by atoms with Gasteiger partial charge in [0.1, 0.15) is 0 Å². The normalized spacial score (nSPS) is 12.0. The Kier molecular flexibility index (Phi) is 4.43. The van der Waals surface area contributed by atoms with Gasteiger partial charge in [-0.3, -0.25) is 0 Å². The summed E-state index contributed by atoms with van der Waals surface area (Å²) < 4.78 is 0. The van der Waals surface area contributed by atoms with Crippen molar-refractivity contribution in [1.29, 1.82) is 0 Å². The standard InChI is InChI=1S/C23H22/c1-17-14-15-22(18(2)16-17)23(21-12-8-5-9-13-21)19(3)20-10-6-4-7-11-20/h4-16H,1-3H3/b23-19-. The number of hydrogen-bond donors (Lipinski definition) is 0. The summed E-state index contributed by atoms with van der Waals surface area (Å²) in [5, 5.41) is 0. The van der Waals surface area contributed by atoms with Crippen molar-refractivity contribution in [2.24, 2.45) is 0 Å². The molecule has 0 bridgehead atoms. The van der Waals surface area contributed by atoms with Crippen LogP contribution in [0.2, 0.25) is 0 Å². The van der Waals surface area contributed by atoms with Crippen LogP contribution in [0.1, 0.15) is 34.7 Å². The van der Waals surface area contributed by atoms with E-state index in [4.69, 9.17) is 0 Å². The molecule has 3 aromatic rings. The topological polar surface area (TPSA) is 0 Å². The molecule has 0 aliphatic rings. The van der Waals surface area contributed by atoms with Crippen molar-refractivity contribution in [2.75, 3.05) is 0 Å². The summed E-state index contributed by atoms with van der Waals surface area (Å²) in [6, 6.07) is 28.0. The van der Waals surface area contributed by atoms with Crippen molar-refractivity contribution in [3.8, 4) is 0 Å². The van der Waals surface area contributed by atoms with Gasteiger partial charge in [0.15, 0.2) is 0 Å². The van der Waals surface area contributed by atoms with Crippen LogP contribution in [0.5, 0.6) is 0 Å². The molecule has 0 heteroatoms. The minimum atomic E-state index is 1.26. The molecule has 114 valence electrons. The van der Waals surface area contributed by atoms with Crippen LogP contribution in [0.25, 0.3) is 11.1 Å². The molecular formula is C23H22. The molecule has 0 spiro atoms. The Balaban J connectivity index is 2.27. The van der Waals surface area contributed by atoms with Gasteiger partial charge in [0.05, 0.1) is 0 Å². The van der Waals surface area contributed by atoms with Gasteiger partial charge >= 0.3 is 0 Å². The monoisotopic (exact) mass is 298 g/mol. The predicted octanol–water partition coefficient (Wildman–Crippen LogP) is 6.28. The lowest BCUT2D eigenvalue weighted by atomic mass is 9.88. The summed E-state index contributed by atoms with van der Waals surface area (Å²) in [5.74, 6) is 0. The number of rotatable bonds is 3. The summed E-state index contributed by atoms with van der Waals surface area (Å²) >= 11 is 0. The molecule has 0 aliphatic carbocycles. The Hall–Kier alpha value is -2.60. The maximum absolute atomic E-state index is 2.26. The van der Waals surface area contributed by atoms with E-state index in [9.17, 15) is 0 Å². The molecule has 0 N–H and O–H groups in total. The lowest BCUT2D eigenvalue weighted by molar-refractivity contribution is 1.35. The highest BCUT2D eigenvalue weighted by Gasteiger charge is 2.12. The van der Waals surface area contributed by atoms with E-state index in [0.717, 1.165) is 0 Å². The third kappa shape index (κ3) is 3.27. The van der Waals surface area contributed by atoms with Crippen molar-refractivity contribution in [2.45, 2.75) is 20.8 Å². The van der Waals surface area contributed by atoms with Crippen LogP contribution in [0.3, 0.4) is 0 Å². The Morgan fingerprint density at radius 2 is 1.22 bits per heavy atom. The number of allylic oxidation sites excluding steroid dienone is 1. The zero-order valence-corrected chi connectivity index (χ0v) is 14.0. The van der Waals surface area contributed by atoms with Crippen LogP contribution < -0.4 is 0 Å². The van der Waals surface area contributed by atoms with Crippen LogP contribution in [-0.2, 0) is 0 Å². The zero-order valence-electron chi connectivity index (χ0n) is 14.0. The van der Waals surface area contributed by atoms with Gasteiger partial charge in [0.25, 0.3) is 0 Å². The lowest BCUT2D eigenvalue weighted by Gasteiger charge is -2.16. The molecule has 23 heavy (non-hydrogen) atoms. The highest BCUT2D eigenvalue weighted by atomic mass is 14.2. The highest BCUT2D eigenvalue weighted by Crippen LogP contribution is 2.33. The van der Waals surface area contributed by atoms with Gasteiger partial charge < -0.3 is 0 Å². The Morgan fingerprint density at radius 1 is 0.652 bits per heavy atom. The lowest BCUT2D eigenvalue weighted by Crippen LogP contribution is -1.96. The first-order valence-electron chi connectivity index (χ1n) is 8.06. The van der Waals surface area contributed by atoms with Crippen LogP contribution in [0, 0.1) is 13.8 Å². The minimum Gasteiger partial charge on any atom is -0.0622 e. The van der Waals surface area contributed by atoms with E-state index in [1.807, 2.05) is 0 Å². The second-order valence-corrected chi connectivity index (χ2v) is 6.05. The first kappa shape index (κ1) is 15.3. The fraction of sp³-hybridized carbons (Fsp3) is 0.130. The van der Waals surface area contributed by atoms with E-state index in [-0.39, 0.29) is 0 Å². The van der Waals surface area contributed by atoms with Gasteiger partial charge in [0, 0.05) is 0 Å². The van der Waals surface area contributed by atoms with Crippen LogP contribution in [0.4, 0.5) is 0 Å². The van der Waals surface area contributed by atoms with E-state index in [1.165, 1.54) is 39.0 Å². The van der Waals surface area contributed by atoms with Crippen LogP contribution >= 0.6 is 0 Å². The quantitative estimate of drug-likeness (QED) is 0.499. The van der Waals surface area contributed by atoms with Gasteiger partial charge in [-0.25, -0.2) is 0 Å². The largest absolute Gasteiger partial charge is 0.0622 e. The first-order valence-corrected chi connectivity index (χ1v) is 8.06. The molecule has 0 saturated heterocycles. The summed E-state index contributed by atoms with van der Waals surface area (Å²) in [5.41, 5.74) is 9.09. The smallest absolute Gasteiger partial charge is 0.00735 e. The zero-order chi connectivity index (χ0) is 16.2. The molecule has 0 atom stereocenters. The van der Waals surface area contributed by atoms with E-state index in [2.05, 4.69) is 99.6 Å². The molecule has 3 aromatic carbocycles. The number of hydrogen-bond acceptors (Lipinski definition) is 0. The molecule has 0 aliphatic heterocycles. The molecule has 3 rings (SSSR count). The van der Waals surface area contributed by atoms with Crippen LogP contribution in [-0.4, -0.2) is 0 Å². The first-order chi connectivity index (χ1) is 11.2. The van der Waals surface area contributed by atoms with Crippen molar-refractivity contribution >= 4 is 11.1 Å². The highest BCUT2D eigenvalue weighted by molar-refractivity contribution is 5.98. The number of benzene rings is 3. The third-order valence-electron chi connectivity index (χ3n) is 4.30. The second kappa shape index (κ2) is 6.66. The van der Waals surface area contributed by atoms with Gasteiger partial charge in [-0.05, 0) is 54.2 Å². The minimum absolute atomic E-state index is 1.26.